The molecular weight excluding hydrogens is 283 g/mol. The summed E-state index contributed by atoms with van der Waals surface area (Å²) in [6, 6.07) is 5.70. The van der Waals surface area contributed by atoms with Gasteiger partial charge >= 0.3 is 0 Å². The van der Waals surface area contributed by atoms with E-state index in [0.717, 1.165) is 25.0 Å². The number of halogens is 2. The topological polar surface area (TPSA) is 29.5 Å². The van der Waals surface area contributed by atoms with Gasteiger partial charge in [0.05, 0.1) is 22.8 Å². The van der Waals surface area contributed by atoms with Gasteiger partial charge in [-0.25, -0.2) is 0 Å². The Morgan fingerprint density at radius 3 is 2.79 bits per heavy atom. The van der Waals surface area contributed by atoms with Crippen molar-refractivity contribution in [3.05, 3.63) is 33.8 Å². The first-order valence-corrected chi connectivity index (χ1v) is 7.57. The molecule has 0 amide bonds. The molecule has 1 aliphatic carbocycles. The zero-order chi connectivity index (χ0) is 13.5. The van der Waals surface area contributed by atoms with Crippen LogP contribution in [0.25, 0.3) is 0 Å². The van der Waals surface area contributed by atoms with Gasteiger partial charge in [0.25, 0.3) is 0 Å². The SMILES string of the molecule is OCC1(Cc2cccc(Cl)c2Cl)CCOC1C1CC1. The Balaban J connectivity index is 1.88. The second-order valence-electron chi connectivity index (χ2n) is 5.79. The van der Waals surface area contributed by atoms with E-state index in [2.05, 4.69) is 0 Å². The fourth-order valence-corrected chi connectivity index (χ4v) is 3.61. The summed E-state index contributed by atoms with van der Waals surface area (Å²) in [5.74, 6) is 0.618. The summed E-state index contributed by atoms with van der Waals surface area (Å²) in [6.07, 6.45) is 4.25. The molecule has 4 heteroatoms. The highest BCUT2D eigenvalue weighted by atomic mass is 35.5. The summed E-state index contributed by atoms with van der Waals surface area (Å²) < 4.78 is 5.89. The molecule has 1 aromatic rings. The van der Waals surface area contributed by atoms with Crippen LogP contribution in [0.2, 0.25) is 10.0 Å². The molecule has 3 rings (SSSR count). The van der Waals surface area contributed by atoms with E-state index >= 15 is 0 Å². The fourth-order valence-electron chi connectivity index (χ4n) is 3.22. The van der Waals surface area contributed by atoms with Crippen LogP contribution in [0.1, 0.15) is 24.8 Å². The van der Waals surface area contributed by atoms with E-state index in [1.54, 1.807) is 6.07 Å². The molecule has 1 heterocycles. The Morgan fingerprint density at radius 1 is 1.32 bits per heavy atom. The maximum Gasteiger partial charge on any atom is 0.0685 e. The summed E-state index contributed by atoms with van der Waals surface area (Å²) >= 11 is 12.4. The Kier molecular flexibility index (Phi) is 3.78. The molecule has 1 saturated heterocycles. The Labute approximate surface area is 123 Å². The molecule has 0 bridgehead atoms. The van der Waals surface area contributed by atoms with Crippen molar-refractivity contribution in [3.63, 3.8) is 0 Å². The van der Waals surface area contributed by atoms with Gasteiger partial charge in [-0.1, -0.05) is 35.3 Å². The number of ether oxygens (including phenoxy) is 1. The van der Waals surface area contributed by atoms with Gasteiger partial charge in [-0.05, 0) is 43.2 Å². The standard InChI is InChI=1S/C15H18Cl2O2/c16-12-3-1-2-11(13(12)17)8-15(9-18)6-7-19-14(15)10-4-5-10/h1-3,10,14,18H,4-9H2. The second-order valence-corrected chi connectivity index (χ2v) is 6.57. The van der Waals surface area contributed by atoms with Gasteiger partial charge < -0.3 is 9.84 Å². The molecule has 2 unspecified atom stereocenters. The fraction of sp³-hybridized carbons (Fsp3) is 0.600. The average Bonchev–Trinajstić information content (AvgIpc) is 3.17. The highest BCUT2D eigenvalue weighted by molar-refractivity contribution is 6.42. The van der Waals surface area contributed by atoms with Crippen molar-refractivity contribution in [1.29, 1.82) is 0 Å². The van der Waals surface area contributed by atoms with E-state index in [-0.39, 0.29) is 18.1 Å². The van der Waals surface area contributed by atoms with E-state index in [9.17, 15) is 5.11 Å². The predicted molar refractivity (Wildman–Crippen MR) is 76.8 cm³/mol. The lowest BCUT2D eigenvalue weighted by Gasteiger charge is -2.33. The minimum Gasteiger partial charge on any atom is -0.396 e. The minimum absolute atomic E-state index is 0.150. The number of rotatable bonds is 4. The molecule has 0 radical (unpaired) electrons. The average molecular weight is 301 g/mol. The molecule has 1 N–H and O–H groups in total. The van der Waals surface area contributed by atoms with Crippen LogP contribution in [0, 0.1) is 11.3 Å². The molecule has 1 aromatic carbocycles. The van der Waals surface area contributed by atoms with Crippen LogP contribution in [0.15, 0.2) is 18.2 Å². The quantitative estimate of drug-likeness (QED) is 0.918. The van der Waals surface area contributed by atoms with E-state index in [1.165, 1.54) is 12.8 Å². The molecule has 2 nitrogen and oxygen atoms in total. The molecular formula is C15H18Cl2O2. The number of hydrogen-bond donors (Lipinski definition) is 1. The first-order valence-electron chi connectivity index (χ1n) is 6.82. The first kappa shape index (κ1) is 13.7. The van der Waals surface area contributed by atoms with E-state index < -0.39 is 0 Å². The van der Waals surface area contributed by atoms with E-state index in [4.69, 9.17) is 27.9 Å². The lowest BCUT2D eigenvalue weighted by atomic mass is 9.75. The smallest absolute Gasteiger partial charge is 0.0685 e. The Bertz CT molecular complexity index is 473. The number of aliphatic hydroxyl groups excluding tert-OH is 1. The molecule has 1 saturated carbocycles. The third-order valence-corrected chi connectivity index (χ3v) is 5.30. The largest absolute Gasteiger partial charge is 0.396 e. The summed E-state index contributed by atoms with van der Waals surface area (Å²) in [4.78, 5) is 0. The zero-order valence-electron chi connectivity index (χ0n) is 10.7. The summed E-state index contributed by atoms with van der Waals surface area (Å²) in [5, 5.41) is 11.1. The highest BCUT2D eigenvalue weighted by Crippen LogP contribution is 2.49. The van der Waals surface area contributed by atoms with Gasteiger partial charge in [-0.3, -0.25) is 0 Å². The lowest BCUT2D eigenvalue weighted by Crippen LogP contribution is -2.38. The minimum atomic E-state index is -0.185. The van der Waals surface area contributed by atoms with Crippen LogP contribution < -0.4 is 0 Å². The van der Waals surface area contributed by atoms with Crippen molar-refractivity contribution >= 4 is 23.2 Å². The monoisotopic (exact) mass is 300 g/mol. The predicted octanol–water partition coefficient (Wildman–Crippen LogP) is 3.71. The van der Waals surface area contributed by atoms with Crippen molar-refractivity contribution in [2.75, 3.05) is 13.2 Å². The maximum absolute atomic E-state index is 9.93. The van der Waals surface area contributed by atoms with Crippen molar-refractivity contribution in [2.24, 2.45) is 11.3 Å². The van der Waals surface area contributed by atoms with Crippen molar-refractivity contribution < 1.29 is 9.84 Å². The van der Waals surface area contributed by atoms with Gasteiger partial charge in [0.2, 0.25) is 0 Å². The van der Waals surface area contributed by atoms with E-state index in [1.807, 2.05) is 12.1 Å². The molecule has 0 spiro atoms. The maximum atomic E-state index is 9.93. The van der Waals surface area contributed by atoms with Gasteiger partial charge in [-0.2, -0.15) is 0 Å². The number of benzene rings is 1. The number of hydrogen-bond acceptors (Lipinski definition) is 2. The zero-order valence-corrected chi connectivity index (χ0v) is 12.3. The van der Waals surface area contributed by atoms with Crippen LogP contribution in [0.5, 0.6) is 0 Å². The van der Waals surface area contributed by atoms with Crippen LogP contribution >= 0.6 is 23.2 Å². The second kappa shape index (κ2) is 5.25. The third kappa shape index (κ3) is 2.52. The molecule has 19 heavy (non-hydrogen) atoms. The van der Waals surface area contributed by atoms with Crippen LogP contribution in [-0.4, -0.2) is 24.4 Å². The van der Waals surface area contributed by atoms with Crippen molar-refractivity contribution in [1.82, 2.24) is 0 Å². The van der Waals surface area contributed by atoms with Gasteiger partial charge in [-0.15, -0.1) is 0 Å². The Morgan fingerprint density at radius 2 is 2.11 bits per heavy atom. The van der Waals surface area contributed by atoms with Gasteiger partial charge in [0.1, 0.15) is 0 Å². The lowest BCUT2D eigenvalue weighted by molar-refractivity contribution is 0.000599. The Hall–Kier alpha value is -0.280. The van der Waals surface area contributed by atoms with Crippen molar-refractivity contribution in [3.8, 4) is 0 Å². The molecule has 2 aliphatic rings. The summed E-state index contributed by atoms with van der Waals surface area (Å²) in [6.45, 7) is 0.886. The summed E-state index contributed by atoms with van der Waals surface area (Å²) in [5.41, 5.74) is 0.828. The molecule has 1 aliphatic heterocycles. The third-order valence-electron chi connectivity index (χ3n) is 4.44. The molecule has 104 valence electrons. The summed E-state index contributed by atoms with van der Waals surface area (Å²) in [7, 11) is 0. The van der Waals surface area contributed by atoms with Crippen LogP contribution in [0.4, 0.5) is 0 Å². The van der Waals surface area contributed by atoms with Crippen molar-refractivity contribution in [2.45, 2.75) is 31.8 Å². The number of aliphatic hydroxyl groups is 1. The van der Waals surface area contributed by atoms with Crippen LogP contribution in [0.3, 0.4) is 0 Å². The molecule has 2 fully saturated rings. The van der Waals surface area contributed by atoms with Gasteiger partial charge in [0, 0.05) is 12.0 Å². The first-order chi connectivity index (χ1) is 9.16. The highest BCUT2D eigenvalue weighted by Gasteiger charge is 2.50. The van der Waals surface area contributed by atoms with Gasteiger partial charge in [0.15, 0.2) is 0 Å². The van der Waals surface area contributed by atoms with Crippen LogP contribution in [-0.2, 0) is 11.2 Å². The van der Waals surface area contributed by atoms with E-state index in [0.29, 0.717) is 16.0 Å². The normalized spacial score (nSPS) is 30.8. The molecule has 2 atom stereocenters. The molecule has 0 aromatic heterocycles.